The fraction of sp³-hybridized carbons (Fsp3) is 0.476. The maximum atomic E-state index is 12.4. The van der Waals surface area contributed by atoms with Gasteiger partial charge in [0.15, 0.2) is 0 Å². The van der Waals surface area contributed by atoms with Crippen molar-refractivity contribution in [2.45, 2.75) is 44.7 Å². The van der Waals surface area contributed by atoms with Crippen LogP contribution in [0.3, 0.4) is 0 Å². The van der Waals surface area contributed by atoms with E-state index in [2.05, 4.69) is 20.5 Å². The van der Waals surface area contributed by atoms with Gasteiger partial charge in [0.05, 0.1) is 12.7 Å². The van der Waals surface area contributed by atoms with Gasteiger partial charge in [0, 0.05) is 29.9 Å². The van der Waals surface area contributed by atoms with Gasteiger partial charge in [-0.3, -0.25) is 9.69 Å². The van der Waals surface area contributed by atoms with E-state index < -0.39 is 5.97 Å². The van der Waals surface area contributed by atoms with E-state index in [4.69, 9.17) is 9.52 Å². The van der Waals surface area contributed by atoms with Crippen molar-refractivity contribution in [1.29, 1.82) is 0 Å². The monoisotopic (exact) mass is 398 g/mol. The molecular weight excluding hydrogens is 372 g/mol. The highest BCUT2D eigenvalue weighted by molar-refractivity contribution is 5.91. The van der Waals surface area contributed by atoms with E-state index in [1.807, 2.05) is 25.1 Å². The molecule has 2 aliphatic carbocycles. The van der Waals surface area contributed by atoms with Gasteiger partial charge in [-0.15, -0.1) is 0 Å². The van der Waals surface area contributed by atoms with Crippen LogP contribution in [0.4, 0.5) is 10.5 Å². The summed E-state index contributed by atoms with van der Waals surface area (Å²) in [5, 5.41) is 15.0. The van der Waals surface area contributed by atoms with Crippen molar-refractivity contribution in [3.05, 3.63) is 36.2 Å². The van der Waals surface area contributed by atoms with E-state index in [1.54, 1.807) is 6.20 Å². The van der Waals surface area contributed by atoms with Crippen molar-refractivity contribution in [3.63, 3.8) is 0 Å². The maximum Gasteiger partial charge on any atom is 0.319 e. The summed E-state index contributed by atoms with van der Waals surface area (Å²) in [7, 11) is 0. The number of hydrogen-bond donors (Lipinski definition) is 3. The van der Waals surface area contributed by atoms with Gasteiger partial charge in [-0.05, 0) is 56.2 Å². The maximum absolute atomic E-state index is 12.4. The number of carboxylic acids is 1. The zero-order valence-electron chi connectivity index (χ0n) is 16.4. The van der Waals surface area contributed by atoms with Crippen LogP contribution in [0.15, 0.2) is 35.1 Å². The van der Waals surface area contributed by atoms with Crippen molar-refractivity contribution in [1.82, 2.24) is 15.2 Å². The Kier molecular flexibility index (Phi) is 5.53. The van der Waals surface area contributed by atoms with Crippen LogP contribution in [0.1, 0.15) is 31.2 Å². The fourth-order valence-electron chi connectivity index (χ4n) is 3.75. The van der Waals surface area contributed by atoms with E-state index >= 15 is 0 Å². The average molecular weight is 398 g/mol. The molecule has 0 spiro atoms. The lowest BCUT2D eigenvalue weighted by Gasteiger charge is -2.42. The molecule has 2 aliphatic rings. The Morgan fingerprint density at radius 1 is 1.31 bits per heavy atom. The Hall–Kier alpha value is -2.87. The first kappa shape index (κ1) is 19.4. The van der Waals surface area contributed by atoms with Gasteiger partial charge in [0.1, 0.15) is 6.26 Å². The number of carbonyl (C=O) groups is 2. The molecule has 0 radical (unpaired) electrons. The third-order valence-corrected chi connectivity index (χ3v) is 5.66. The largest absolute Gasteiger partial charge is 0.480 e. The molecular formula is C21H26N4O4. The van der Waals surface area contributed by atoms with Crippen molar-refractivity contribution in [2.75, 3.05) is 18.4 Å². The predicted octanol–water partition coefficient (Wildman–Crippen LogP) is 3.10. The fourth-order valence-corrected chi connectivity index (χ4v) is 3.75. The topological polar surface area (TPSA) is 108 Å². The number of amides is 2. The van der Waals surface area contributed by atoms with Crippen molar-refractivity contribution < 1.29 is 19.1 Å². The Bertz CT molecular complexity index is 873. The van der Waals surface area contributed by atoms with Crippen LogP contribution >= 0.6 is 0 Å². The Morgan fingerprint density at radius 3 is 2.76 bits per heavy atom. The number of rotatable bonds is 8. The third kappa shape index (κ3) is 4.95. The molecule has 0 atom stereocenters. The molecule has 8 heteroatoms. The highest BCUT2D eigenvalue weighted by atomic mass is 16.4. The number of carboxylic acid groups (broad SMARTS) is 1. The second kappa shape index (κ2) is 8.24. The summed E-state index contributed by atoms with van der Waals surface area (Å²) in [5.41, 5.74) is 2.44. The summed E-state index contributed by atoms with van der Waals surface area (Å²) in [6.45, 7) is 2.85. The predicted molar refractivity (Wildman–Crippen MR) is 108 cm³/mol. The lowest BCUT2D eigenvalue weighted by molar-refractivity contribution is -0.139. The lowest BCUT2D eigenvalue weighted by Crippen LogP contribution is -2.55. The van der Waals surface area contributed by atoms with Gasteiger partial charge in [0.2, 0.25) is 5.89 Å². The molecule has 0 aliphatic heterocycles. The van der Waals surface area contributed by atoms with Gasteiger partial charge in [-0.25, -0.2) is 9.78 Å². The quantitative estimate of drug-likeness (QED) is 0.631. The average Bonchev–Trinajstić information content (AvgIpc) is 3.28. The number of urea groups is 1. The summed E-state index contributed by atoms with van der Waals surface area (Å²) in [6.07, 6.45) is 7.04. The van der Waals surface area contributed by atoms with Crippen molar-refractivity contribution >= 4 is 17.7 Å². The number of anilines is 1. The number of aryl methyl sites for hydroxylation is 1. The SMILES string of the molecule is Cc1ccc(-c2ncco2)cc1NC(=O)NC1CC(N(CC(=O)O)CC2CC2)C1. The number of hydrogen-bond acceptors (Lipinski definition) is 5. The van der Waals surface area contributed by atoms with Crippen LogP contribution in [0.5, 0.6) is 0 Å². The van der Waals surface area contributed by atoms with E-state index in [-0.39, 0.29) is 24.7 Å². The molecule has 2 fully saturated rings. The molecule has 8 nitrogen and oxygen atoms in total. The summed E-state index contributed by atoms with van der Waals surface area (Å²) in [6, 6.07) is 5.69. The number of benzene rings is 1. The van der Waals surface area contributed by atoms with E-state index in [1.165, 1.54) is 19.1 Å². The van der Waals surface area contributed by atoms with Crippen molar-refractivity contribution in [2.24, 2.45) is 5.92 Å². The molecule has 2 saturated carbocycles. The van der Waals surface area contributed by atoms with Crippen LogP contribution < -0.4 is 10.6 Å². The molecule has 4 rings (SSSR count). The minimum absolute atomic E-state index is 0.0609. The number of nitrogens with one attached hydrogen (secondary N) is 2. The number of aromatic nitrogens is 1. The van der Waals surface area contributed by atoms with Crippen LogP contribution in [0, 0.1) is 12.8 Å². The first-order valence-electron chi connectivity index (χ1n) is 10.0. The molecule has 29 heavy (non-hydrogen) atoms. The van der Waals surface area contributed by atoms with Crippen molar-refractivity contribution in [3.8, 4) is 11.5 Å². The number of nitrogens with zero attached hydrogens (tertiary/aromatic N) is 2. The van der Waals surface area contributed by atoms with Gasteiger partial charge < -0.3 is 20.2 Å². The second-order valence-electron chi connectivity index (χ2n) is 8.05. The molecule has 2 aromatic rings. The number of aliphatic carboxylic acids is 1. The van der Waals surface area contributed by atoms with Crippen LogP contribution in [-0.2, 0) is 4.79 Å². The first-order chi connectivity index (χ1) is 14.0. The third-order valence-electron chi connectivity index (χ3n) is 5.66. The summed E-state index contributed by atoms with van der Waals surface area (Å²) >= 11 is 0. The second-order valence-corrected chi connectivity index (χ2v) is 8.05. The van der Waals surface area contributed by atoms with Gasteiger partial charge in [-0.2, -0.15) is 0 Å². The van der Waals surface area contributed by atoms with E-state index in [0.29, 0.717) is 17.5 Å². The van der Waals surface area contributed by atoms with Crippen LogP contribution in [0.25, 0.3) is 11.5 Å². The molecule has 2 amide bonds. The summed E-state index contributed by atoms with van der Waals surface area (Å²) < 4.78 is 5.32. The molecule has 0 bridgehead atoms. The van der Waals surface area contributed by atoms with Gasteiger partial charge >= 0.3 is 12.0 Å². The molecule has 154 valence electrons. The number of carbonyl (C=O) groups excluding carboxylic acids is 1. The normalized spacial score (nSPS) is 20.9. The van der Waals surface area contributed by atoms with E-state index in [9.17, 15) is 9.59 Å². The minimum atomic E-state index is -0.791. The molecule has 3 N–H and O–H groups in total. The first-order valence-corrected chi connectivity index (χ1v) is 10.0. The summed E-state index contributed by atoms with van der Waals surface area (Å²) in [5.74, 6) is 0.356. The highest BCUT2D eigenvalue weighted by Crippen LogP contribution is 2.34. The highest BCUT2D eigenvalue weighted by Gasteiger charge is 2.37. The standard InChI is InChI=1S/C21H26N4O4/c1-13-2-5-15(20-22-6-7-29-20)8-18(13)24-21(28)23-16-9-17(10-16)25(12-19(26)27)11-14-3-4-14/h2,5-8,14,16-17H,3-4,9-12H2,1H3,(H,26,27)(H2,23,24,28). The Balaban J connectivity index is 1.29. The molecule has 0 saturated heterocycles. The Morgan fingerprint density at radius 2 is 2.10 bits per heavy atom. The summed E-state index contributed by atoms with van der Waals surface area (Å²) in [4.78, 5) is 29.8. The zero-order valence-corrected chi connectivity index (χ0v) is 16.4. The Labute approximate surface area is 169 Å². The zero-order chi connectivity index (χ0) is 20.4. The van der Waals surface area contributed by atoms with E-state index in [0.717, 1.165) is 30.5 Å². The van der Waals surface area contributed by atoms with Crippen LogP contribution in [-0.4, -0.2) is 52.2 Å². The molecule has 0 unspecified atom stereocenters. The lowest BCUT2D eigenvalue weighted by atomic mass is 9.85. The molecule has 1 aromatic carbocycles. The van der Waals surface area contributed by atoms with Gasteiger partial charge in [-0.1, -0.05) is 6.07 Å². The molecule has 1 aromatic heterocycles. The van der Waals surface area contributed by atoms with Gasteiger partial charge in [0.25, 0.3) is 0 Å². The minimum Gasteiger partial charge on any atom is -0.480 e. The number of oxazole rings is 1. The molecule has 1 heterocycles. The smallest absolute Gasteiger partial charge is 0.319 e. The van der Waals surface area contributed by atoms with Crippen LogP contribution in [0.2, 0.25) is 0 Å².